The number of nitrogens with zero attached hydrogens (tertiary/aromatic N) is 2. The second-order valence-corrected chi connectivity index (χ2v) is 3.83. The highest BCUT2D eigenvalue weighted by Crippen LogP contribution is 1.98. The van der Waals surface area contributed by atoms with Gasteiger partial charge in [-0.2, -0.15) is 5.10 Å². The minimum Gasteiger partial charge on any atom is -0.313 e. The van der Waals surface area contributed by atoms with E-state index in [2.05, 4.69) is 36.4 Å². The Morgan fingerprint density at radius 1 is 1.57 bits per heavy atom. The molecular weight excluding hydrogens is 174 g/mol. The van der Waals surface area contributed by atoms with Crippen LogP contribution in [0, 0.1) is 5.92 Å². The molecule has 1 N–H and O–H groups in total. The van der Waals surface area contributed by atoms with Crippen molar-refractivity contribution in [2.75, 3.05) is 13.1 Å². The first-order valence-electron chi connectivity index (χ1n) is 5.05. The first-order chi connectivity index (χ1) is 6.70. The maximum atomic E-state index is 4.09. The molecule has 0 bridgehead atoms. The number of aromatic nitrogens is 2. The molecule has 0 amide bonds. The highest BCUT2D eigenvalue weighted by atomic mass is 15.2. The predicted molar refractivity (Wildman–Crippen MR) is 59.9 cm³/mol. The SMILES string of the molecule is CC(C)CNC/C=C/c1ccnn1C. The Balaban J connectivity index is 2.25. The number of hydrogen-bond donors (Lipinski definition) is 1. The molecule has 0 aliphatic carbocycles. The Morgan fingerprint density at radius 2 is 2.36 bits per heavy atom. The van der Waals surface area contributed by atoms with Gasteiger partial charge in [0, 0.05) is 19.8 Å². The third-order valence-corrected chi connectivity index (χ3v) is 1.96. The summed E-state index contributed by atoms with van der Waals surface area (Å²) in [6.07, 6.45) is 6.01. The largest absolute Gasteiger partial charge is 0.313 e. The van der Waals surface area contributed by atoms with Crippen molar-refractivity contribution in [3.8, 4) is 0 Å². The molecular formula is C11H19N3. The van der Waals surface area contributed by atoms with Crippen molar-refractivity contribution in [3.05, 3.63) is 24.0 Å². The normalized spacial score (nSPS) is 11.7. The zero-order chi connectivity index (χ0) is 10.4. The third kappa shape index (κ3) is 3.75. The molecule has 3 nitrogen and oxygen atoms in total. The second-order valence-electron chi connectivity index (χ2n) is 3.83. The van der Waals surface area contributed by atoms with Crippen LogP contribution in [0.2, 0.25) is 0 Å². The van der Waals surface area contributed by atoms with Gasteiger partial charge >= 0.3 is 0 Å². The molecule has 1 rings (SSSR count). The van der Waals surface area contributed by atoms with Gasteiger partial charge in [-0.3, -0.25) is 4.68 Å². The van der Waals surface area contributed by atoms with Gasteiger partial charge in [0.1, 0.15) is 0 Å². The van der Waals surface area contributed by atoms with Crippen LogP contribution < -0.4 is 5.32 Å². The summed E-state index contributed by atoms with van der Waals surface area (Å²) in [5, 5.41) is 7.44. The Morgan fingerprint density at radius 3 is 2.93 bits per heavy atom. The summed E-state index contributed by atoms with van der Waals surface area (Å²) in [5.41, 5.74) is 1.14. The van der Waals surface area contributed by atoms with Crippen molar-refractivity contribution in [1.82, 2.24) is 15.1 Å². The molecule has 0 aliphatic heterocycles. The molecule has 0 saturated carbocycles. The summed E-state index contributed by atoms with van der Waals surface area (Å²) in [5.74, 6) is 0.708. The number of nitrogens with one attached hydrogen (secondary N) is 1. The molecule has 0 spiro atoms. The van der Waals surface area contributed by atoms with Gasteiger partial charge in [0.05, 0.1) is 5.69 Å². The fourth-order valence-corrected chi connectivity index (χ4v) is 1.18. The zero-order valence-electron chi connectivity index (χ0n) is 9.20. The van der Waals surface area contributed by atoms with Crippen LogP contribution in [0.25, 0.3) is 6.08 Å². The van der Waals surface area contributed by atoms with E-state index in [0.717, 1.165) is 18.8 Å². The van der Waals surface area contributed by atoms with E-state index in [4.69, 9.17) is 0 Å². The molecule has 0 unspecified atom stereocenters. The molecule has 0 aliphatic rings. The standard InChI is InChI=1S/C11H19N3/c1-10(2)9-12-7-4-5-11-6-8-13-14(11)3/h4-6,8,10,12H,7,9H2,1-3H3/b5-4+. The first kappa shape index (κ1) is 11.0. The minimum absolute atomic E-state index is 0.708. The van der Waals surface area contributed by atoms with E-state index in [1.807, 2.05) is 17.8 Å². The Bertz CT molecular complexity index is 286. The number of hydrogen-bond acceptors (Lipinski definition) is 2. The van der Waals surface area contributed by atoms with Crippen molar-refractivity contribution >= 4 is 6.08 Å². The topological polar surface area (TPSA) is 29.9 Å². The molecule has 78 valence electrons. The van der Waals surface area contributed by atoms with Gasteiger partial charge in [-0.1, -0.05) is 19.9 Å². The van der Waals surface area contributed by atoms with Crippen molar-refractivity contribution in [1.29, 1.82) is 0 Å². The zero-order valence-corrected chi connectivity index (χ0v) is 9.20. The lowest BCUT2D eigenvalue weighted by atomic mass is 10.2. The molecule has 14 heavy (non-hydrogen) atoms. The van der Waals surface area contributed by atoms with Gasteiger partial charge in [0.15, 0.2) is 0 Å². The van der Waals surface area contributed by atoms with Crippen molar-refractivity contribution in [2.24, 2.45) is 13.0 Å². The van der Waals surface area contributed by atoms with Crippen LogP contribution >= 0.6 is 0 Å². The smallest absolute Gasteiger partial charge is 0.0603 e. The lowest BCUT2D eigenvalue weighted by molar-refractivity contribution is 0.577. The molecule has 0 atom stereocenters. The molecule has 0 radical (unpaired) electrons. The van der Waals surface area contributed by atoms with Gasteiger partial charge in [-0.25, -0.2) is 0 Å². The minimum atomic E-state index is 0.708. The van der Waals surface area contributed by atoms with Crippen molar-refractivity contribution in [3.63, 3.8) is 0 Å². The summed E-state index contributed by atoms with van der Waals surface area (Å²) in [6, 6.07) is 2.00. The predicted octanol–water partition coefficient (Wildman–Crippen LogP) is 1.68. The van der Waals surface area contributed by atoms with Crippen molar-refractivity contribution in [2.45, 2.75) is 13.8 Å². The molecule has 0 aromatic carbocycles. The van der Waals surface area contributed by atoms with Gasteiger partial charge in [-0.05, 0) is 24.6 Å². The number of aryl methyl sites for hydroxylation is 1. The van der Waals surface area contributed by atoms with Gasteiger partial charge in [0.2, 0.25) is 0 Å². The Kier molecular flexibility index (Phi) is 4.40. The first-order valence-corrected chi connectivity index (χ1v) is 5.05. The lowest BCUT2D eigenvalue weighted by Crippen LogP contribution is -2.19. The van der Waals surface area contributed by atoms with Crippen LogP contribution in [0.1, 0.15) is 19.5 Å². The fourth-order valence-electron chi connectivity index (χ4n) is 1.18. The maximum absolute atomic E-state index is 4.09. The molecule has 1 aromatic heterocycles. The molecule has 0 fully saturated rings. The number of rotatable bonds is 5. The highest BCUT2D eigenvalue weighted by molar-refractivity contribution is 5.44. The average molecular weight is 193 g/mol. The Labute approximate surface area is 85.8 Å². The summed E-state index contributed by atoms with van der Waals surface area (Å²) in [7, 11) is 1.95. The quantitative estimate of drug-likeness (QED) is 0.721. The van der Waals surface area contributed by atoms with Crippen LogP contribution in [-0.2, 0) is 7.05 Å². The molecule has 1 aromatic rings. The average Bonchev–Trinajstić information content (AvgIpc) is 2.51. The van der Waals surface area contributed by atoms with E-state index in [1.54, 1.807) is 6.20 Å². The van der Waals surface area contributed by atoms with E-state index in [1.165, 1.54) is 0 Å². The van der Waals surface area contributed by atoms with Crippen LogP contribution in [-0.4, -0.2) is 22.9 Å². The highest BCUT2D eigenvalue weighted by Gasteiger charge is 1.92. The summed E-state index contributed by atoms with van der Waals surface area (Å²) in [4.78, 5) is 0. The van der Waals surface area contributed by atoms with E-state index in [9.17, 15) is 0 Å². The van der Waals surface area contributed by atoms with Crippen LogP contribution in [0.4, 0.5) is 0 Å². The molecule has 0 saturated heterocycles. The van der Waals surface area contributed by atoms with E-state index < -0.39 is 0 Å². The monoisotopic (exact) mass is 193 g/mol. The van der Waals surface area contributed by atoms with Crippen molar-refractivity contribution < 1.29 is 0 Å². The van der Waals surface area contributed by atoms with Crippen LogP contribution in [0.5, 0.6) is 0 Å². The van der Waals surface area contributed by atoms with Gasteiger partial charge < -0.3 is 5.32 Å². The van der Waals surface area contributed by atoms with Crippen LogP contribution in [0.15, 0.2) is 18.3 Å². The summed E-state index contributed by atoms with van der Waals surface area (Å²) < 4.78 is 1.86. The van der Waals surface area contributed by atoms with E-state index >= 15 is 0 Å². The van der Waals surface area contributed by atoms with E-state index in [0.29, 0.717) is 5.92 Å². The fraction of sp³-hybridized carbons (Fsp3) is 0.545. The summed E-state index contributed by atoms with van der Waals surface area (Å²) >= 11 is 0. The van der Waals surface area contributed by atoms with Crippen LogP contribution in [0.3, 0.4) is 0 Å². The lowest BCUT2D eigenvalue weighted by Gasteiger charge is -2.03. The molecule has 3 heteroatoms. The third-order valence-electron chi connectivity index (χ3n) is 1.96. The second kappa shape index (κ2) is 5.60. The maximum Gasteiger partial charge on any atom is 0.0603 e. The molecule has 1 heterocycles. The van der Waals surface area contributed by atoms with Gasteiger partial charge in [0.25, 0.3) is 0 Å². The summed E-state index contributed by atoms with van der Waals surface area (Å²) in [6.45, 7) is 6.40. The van der Waals surface area contributed by atoms with E-state index in [-0.39, 0.29) is 0 Å². The van der Waals surface area contributed by atoms with Gasteiger partial charge in [-0.15, -0.1) is 0 Å². The Hall–Kier alpha value is -1.09.